The van der Waals surface area contributed by atoms with E-state index in [0.29, 0.717) is 25.6 Å². The van der Waals surface area contributed by atoms with Crippen molar-refractivity contribution in [1.29, 1.82) is 0 Å². The second-order valence-electron chi connectivity index (χ2n) is 6.64. The highest BCUT2D eigenvalue weighted by molar-refractivity contribution is 6.16. The van der Waals surface area contributed by atoms with Crippen LogP contribution in [0, 0.1) is 0 Å². The Morgan fingerprint density at radius 2 is 1.93 bits per heavy atom. The van der Waals surface area contributed by atoms with Gasteiger partial charge in [-0.05, 0) is 30.5 Å². The number of likely N-dealkylation sites (tertiary alicyclic amines) is 1. The molecule has 1 aliphatic rings. The highest BCUT2D eigenvalue weighted by Gasteiger charge is 2.27. The number of carbonyl (C=O) groups excluding carboxylic acids is 1. The van der Waals surface area contributed by atoms with Gasteiger partial charge in [0.2, 0.25) is 0 Å². The number of carbonyl (C=O) groups is 1. The van der Waals surface area contributed by atoms with Gasteiger partial charge in [-0.1, -0.05) is 30.3 Å². The Labute approximate surface area is 162 Å². The lowest BCUT2D eigenvalue weighted by Gasteiger charge is -2.32. The van der Waals surface area contributed by atoms with Gasteiger partial charge in [-0.25, -0.2) is 14.8 Å². The maximum atomic E-state index is 12.4. The summed E-state index contributed by atoms with van der Waals surface area (Å²) in [6.07, 6.45) is 3.16. The van der Waals surface area contributed by atoms with E-state index in [1.165, 1.54) is 0 Å². The molecule has 7 heteroatoms. The Morgan fingerprint density at radius 1 is 1.15 bits per heavy atom. The molecule has 1 amide bonds. The lowest BCUT2D eigenvalue weighted by molar-refractivity contribution is 0.0832. The van der Waals surface area contributed by atoms with E-state index in [2.05, 4.69) is 14.5 Å². The van der Waals surface area contributed by atoms with Crippen LogP contribution < -0.4 is 0 Å². The average molecular weight is 385 g/mol. The molecule has 0 saturated carbocycles. The van der Waals surface area contributed by atoms with Crippen LogP contribution in [0.2, 0.25) is 0 Å². The third-order valence-corrected chi connectivity index (χ3v) is 5.17. The van der Waals surface area contributed by atoms with Gasteiger partial charge >= 0.3 is 6.09 Å². The average Bonchev–Trinajstić information content (AvgIpc) is 3.11. The zero-order valence-corrected chi connectivity index (χ0v) is 15.7. The molecule has 2 aromatic heterocycles. The Balaban J connectivity index is 1.40. The SMILES string of the molecule is O=C(OCc1ccccc1)N1CCC(n2c(CCl)nc3cccnc32)CC1. The zero-order valence-electron chi connectivity index (χ0n) is 14.9. The number of ether oxygens (including phenoxy) is 1. The number of hydrogen-bond donors (Lipinski definition) is 0. The molecule has 1 saturated heterocycles. The number of piperidine rings is 1. The molecular formula is C20H21ClN4O2. The predicted molar refractivity (Wildman–Crippen MR) is 104 cm³/mol. The van der Waals surface area contributed by atoms with Gasteiger partial charge in [-0.2, -0.15) is 0 Å². The van der Waals surface area contributed by atoms with Crippen LogP contribution in [0.4, 0.5) is 4.79 Å². The van der Waals surface area contributed by atoms with E-state index in [-0.39, 0.29) is 12.1 Å². The number of halogens is 1. The third kappa shape index (κ3) is 3.76. The summed E-state index contributed by atoms with van der Waals surface area (Å²) in [7, 11) is 0. The minimum atomic E-state index is -0.261. The quantitative estimate of drug-likeness (QED) is 0.634. The molecule has 3 heterocycles. The standard InChI is InChI=1S/C20H21ClN4O2/c21-13-18-23-17-7-4-10-22-19(17)25(18)16-8-11-24(12-9-16)20(26)27-14-15-5-2-1-3-6-15/h1-7,10,16H,8-9,11-14H2. The molecule has 1 aliphatic heterocycles. The number of benzene rings is 1. The molecule has 1 aromatic carbocycles. The number of hydrogen-bond acceptors (Lipinski definition) is 4. The van der Waals surface area contributed by atoms with Crippen LogP contribution in [0.3, 0.4) is 0 Å². The number of imidazole rings is 1. The van der Waals surface area contributed by atoms with E-state index in [9.17, 15) is 4.79 Å². The number of amides is 1. The number of alkyl halides is 1. The molecule has 0 spiro atoms. The minimum Gasteiger partial charge on any atom is -0.445 e. The maximum Gasteiger partial charge on any atom is 0.410 e. The Hall–Kier alpha value is -2.60. The van der Waals surface area contributed by atoms with Gasteiger partial charge in [0.1, 0.15) is 17.9 Å². The second kappa shape index (κ2) is 7.96. The lowest BCUT2D eigenvalue weighted by atomic mass is 10.1. The topological polar surface area (TPSA) is 60.2 Å². The van der Waals surface area contributed by atoms with Crippen molar-refractivity contribution >= 4 is 28.9 Å². The molecule has 0 bridgehead atoms. The molecule has 27 heavy (non-hydrogen) atoms. The van der Waals surface area contributed by atoms with E-state index < -0.39 is 0 Å². The predicted octanol–water partition coefficient (Wildman–Crippen LogP) is 4.14. The van der Waals surface area contributed by atoms with E-state index in [0.717, 1.165) is 35.4 Å². The van der Waals surface area contributed by atoms with Gasteiger partial charge in [-0.3, -0.25) is 0 Å². The normalized spacial score (nSPS) is 15.2. The van der Waals surface area contributed by atoms with Gasteiger partial charge in [0.25, 0.3) is 0 Å². The van der Waals surface area contributed by atoms with Gasteiger partial charge in [0.15, 0.2) is 5.65 Å². The molecule has 0 atom stereocenters. The van der Waals surface area contributed by atoms with Crippen molar-refractivity contribution in [1.82, 2.24) is 19.4 Å². The van der Waals surface area contributed by atoms with Crippen molar-refractivity contribution in [3.8, 4) is 0 Å². The minimum absolute atomic E-state index is 0.233. The summed E-state index contributed by atoms with van der Waals surface area (Å²) >= 11 is 6.11. The van der Waals surface area contributed by atoms with Crippen LogP contribution in [0.15, 0.2) is 48.7 Å². The molecule has 0 unspecified atom stereocenters. The van der Waals surface area contributed by atoms with Gasteiger partial charge in [0.05, 0.1) is 5.88 Å². The summed E-state index contributed by atoms with van der Waals surface area (Å²) in [5, 5.41) is 0. The molecule has 6 nitrogen and oxygen atoms in total. The van der Waals surface area contributed by atoms with Crippen LogP contribution in [-0.2, 0) is 17.2 Å². The fraction of sp³-hybridized carbons (Fsp3) is 0.350. The number of aromatic nitrogens is 3. The smallest absolute Gasteiger partial charge is 0.410 e. The highest BCUT2D eigenvalue weighted by atomic mass is 35.5. The number of fused-ring (bicyclic) bond motifs is 1. The first-order chi connectivity index (χ1) is 13.3. The van der Waals surface area contributed by atoms with E-state index in [1.54, 1.807) is 11.1 Å². The molecular weight excluding hydrogens is 364 g/mol. The van der Waals surface area contributed by atoms with Gasteiger partial charge < -0.3 is 14.2 Å². The van der Waals surface area contributed by atoms with Gasteiger partial charge in [0, 0.05) is 25.3 Å². The van der Waals surface area contributed by atoms with Crippen molar-refractivity contribution in [3.05, 3.63) is 60.0 Å². The van der Waals surface area contributed by atoms with Crippen molar-refractivity contribution in [3.63, 3.8) is 0 Å². The lowest BCUT2D eigenvalue weighted by Crippen LogP contribution is -2.39. The van der Waals surface area contributed by atoms with Crippen molar-refractivity contribution in [2.75, 3.05) is 13.1 Å². The van der Waals surface area contributed by atoms with Crippen molar-refractivity contribution in [2.24, 2.45) is 0 Å². The highest BCUT2D eigenvalue weighted by Crippen LogP contribution is 2.28. The fourth-order valence-corrected chi connectivity index (χ4v) is 3.76. The molecule has 140 valence electrons. The van der Waals surface area contributed by atoms with Crippen LogP contribution >= 0.6 is 11.6 Å². The summed E-state index contributed by atoms with van der Waals surface area (Å²) in [5.41, 5.74) is 2.71. The summed E-state index contributed by atoms with van der Waals surface area (Å²) in [6.45, 7) is 1.59. The molecule has 0 aliphatic carbocycles. The van der Waals surface area contributed by atoms with Crippen LogP contribution in [0.25, 0.3) is 11.2 Å². The summed E-state index contributed by atoms with van der Waals surface area (Å²) in [6, 6.07) is 13.8. The Kier molecular flexibility index (Phi) is 5.25. The summed E-state index contributed by atoms with van der Waals surface area (Å²) < 4.78 is 7.58. The number of pyridine rings is 1. The Morgan fingerprint density at radius 3 is 2.67 bits per heavy atom. The fourth-order valence-electron chi connectivity index (χ4n) is 3.57. The Bertz CT molecular complexity index is 920. The number of nitrogens with zero attached hydrogens (tertiary/aromatic N) is 4. The number of rotatable bonds is 4. The first-order valence-corrected chi connectivity index (χ1v) is 9.63. The molecule has 4 rings (SSSR count). The van der Waals surface area contributed by atoms with Crippen LogP contribution in [0.5, 0.6) is 0 Å². The largest absolute Gasteiger partial charge is 0.445 e. The molecule has 0 N–H and O–H groups in total. The first-order valence-electron chi connectivity index (χ1n) is 9.09. The van der Waals surface area contributed by atoms with Gasteiger partial charge in [-0.15, -0.1) is 11.6 Å². The molecule has 3 aromatic rings. The molecule has 1 fully saturated rings. The summed E-state index contributed by atoms with van der Waals surface area (Å²) in [4.78, 5) is 23.2. The maximum absolute atomic E-state index is 12.4. The van der Waals surface area contributed by atoms with Crippen LogP contribution in [-0.4, -0.2) is 38.6 Å². The zero-order chi connectivity index (χ0) is 18.6. The van der Waals surface area contributed by atoms with Crippen molar-refractivity contribution in [2.45, 2.75) is 31.4 Å². The van der Waals surface area contributed by atoms with Crippen LogP contribution in [0.1, 0.15) is 30.3 Å². The third-order valence-electron chi connectivity index (χ3n) is 4.93. The van der Waals surface area contributed by atoms with E-state index in [1.807, 2.05) is 42.5 Å². The first kappa shape index (κ1) is 17.8. The molecule has 0 radical (unpaired) electrons. The monoisotopic (exact) mass is 384 g/mol. The van der Waals surface area contributed by atoms with E-state index >= 15 is 0 Å². The second-order valence-corrected chi connectivity index (χ2v) is 6.90. The summed E-state index contributed by atoms with van der Waals surface area (Å²) in [5.74, 6) is 1.17. The van der Waals surface area contributed by atoms with Crippen molar-refractivity contribution < 1.29 is 9.53 Å². The van der Waals surface area contributed by atoms with E-state index in [4.69, 9.17) is 16.3 Å².